The summed E-state index contributed by atoms with van der Waals surface area (Å²) in [7, 11) is 1.60. The largest absolute Gasteiger partial charge is 0.497 e. The van der Waals surface area contributed by atoms with Crippen LogP contribution in [-0.4, -0.2) is 51.7 Å². The predicted octanol–water partition coefficient (Wildman–Crippen LogP) is -1.05. The minimum absolute atomic E-state index is 0.277. The van der Waals surface area contributed by atoms with Gasteiger partial charge in [0.1, 0.15) is 24.1 Å². The molecule has 1 fully saturated rings. The molecule has 2 aromatic rings. The molecular weight excluding hydrogens is 342 g/mol. The van der Waals surface area contributed by atoms with E-state index in [1.165, 1.54) is 6.20 Å². The summed E-state index contributed by atoms with van der Waals surface area (Å²) in [6.45, 7) is 0.814. The van der Waals surface area contributed by atoms with Crippen molar-refractivity contribution in [3.8, 4) is 5.75 Å². The van der Waals surface area contributed by atoms with Gasteiger partial charge in [0.15, 0.2) is 6.23 Å². The van der Waals surface area contributed by atoms with Crippen molar-refractivity contribution in [1.82, 2.24) is 14.9 Å². The molecule has 0 amide bonds. The molecule has 4 atom stereocenters. The van der Waals surface area contributed by atoms with E-state index in [0.717, 1.165) is 21.9 Å². The molecule has 1 aromatic carbocycles. The standard InChI is InChI=1S/C17H21N3O6/c1-25-11-4-2-10(3-5-11)8-18-9-12-14(22)15(23)16(26-12)20-7-6-13(21)19-17(20)24/h2-7,12,14-16,18,22-23H,8-9H2,1H3,(H,19,21,24)/t12-,14-,15-,16-/m1/s1. The van der Waals surface area contributed by atoms with Crippen molar-refractivity contribution in [3.05, 3.63) is 62.9 Å². The van der Waals surface area contributed by atoms with Crippen molar-refractivity contribution in [2.75, 3.05) is 13.7 Å². The molecule has 2 heterocycles. The van der Waals surface area contributed by atoms with Gasteiger partial charge in [-0.3, -0.25) is 14.3 Å². The number of hydrogen-bond donors (Lipinski definition) is 4. The zero-order valence-corrected chi connectivity index (χ0v) is 14.2. The summed E-state index contributed by atoms with van der Waals surface area (Å²) in [5.74, 6) is 0.764. The van der Waals surface area contributed by atoms with Crippen molar-refractivity contribution >= 4 is 0 Å². The van der Waals surface area contributed by atoms with Gasteiger partial charge in [-0.05, 0) is 17.7 Å². The first kappa shape index (κ1) is 18.3. The number of benzene rings is 1. The fraction of sp³-hybridized carbons (Fsp3) is 0.412. The average Bonchev–Trinajstić information content (AvgIpc) is 2.91. The van der Waals surface area contributed by atoms with Gasteiger partial charge in [-0.25, -0.2) is 4.79 Å². The highest BCUT2D eigenvalue weighted by atomic mass is 16.6. The van der Waals surface area contributed by atoms with Crippen LogP contribution >= 0.6 is 0 Å². The van der Waals surface area contributed by atoms with E-state index in [-0.39, 0.29) is 6.54 Å². The Morgan fingerprint density at radius 1 is 1.19 bits per heavy atom. The van der Waals surface area contributed by atoms with Crippen LogP contribution in [0.3, 0.4) is 0 Å². The molecule has 0 spiro atoms. The predicted molar refractivity (Wildman–Crippen MR) is 91.9 cm³/mol. The number of aliphatic hydroxyl groups is 2. The molecular formula is C17H21N3O6. The highest BCUT2D eigenvalue weighted by Crippen LogP contribution is 2.27. The number of rotatable bonds is 6. The molecule has 1 aromatic heterocycles. The minimum atomic E-state index is -1.29. The van der Waals surface area contributed by atoms with Gasteiger partial charge in [0.05, 0.1) is 7.11 Å². The molecule has 0 aliphatic carbocycles. The molecule has 0 saturated carbocycles. The third-order valence-corrected chi connectivity index (χ3v) is 4.30. The number of aromatic nitrogens is 2. The van der Waals surface area contributed by atoms with Crippen LogP contribution in [-0.2, 0) is 11.3 Å². The zero-order chi connectivity index (χ0) is 18.7. The Labute approximate surface area is 148 Å². The molecule has 9 nitrogen and oxygen atoms in total. The molecule has 4 N–H and O–H groups in total. The van der Waals surface area contributed by atoms with Gasteiger partial charge in [-0.2, -0.15) is 0 Å². The van der Waals surface area contributed by atoms with Gasteiger partial charge >= 0.3 is 5.69 Å². The van der Waals surface area contributed by atoms with Crippen LogP contribution in [0.1, 0.15) is 11.8 Å². The molecule has 140 valence electrons. The molecule has 1 aliphatic rings. The van der Waals surface area contributed by atoms with E-state index in [2.05, 4.69) is 10.3 Å². The molecule has 0 radical (unpaired) electrons. The van der Waals surface area contributed by atoms with Crippen LogP contribution in [0, 0.1) is 0 Å². The third kappa shape index (κ3) is 3.86. The number of ether oxygens (including phenoxy) is 2. The van der Waals surface area contributed by atoms with E-state index in [9.17, 15) is 19.8 Å². The van der Waals surface area contributed by atoms with Crippen molar-refractivity contribution in [1.29, 1.82) is 0 Å². The van der Waals surface area contributed by atoms with Crippen molar-refractivity contribution < 1.29 is 19.7 Å². The number of hydrogen-bond acceptors (Lipinski definition) is 7. The molecule has 1 aliphatic heterocycles. The molecule has 26 heavy (non-hydrogen) atoms. The van der Waals surface area contributed by atoms with Gasteiger partial charge in [0, 0.05) is 25.4 Å². The Bertz CT molecular complexity index is 847. The number of methoxy groups -OCH3 is 1. The maximum absolute atomic E-state index is 11.8. The fourth-order valence-corrected chi connectivity index (χ4v) is 2.86. The van der Waals surface area contributed by atoms with Crippen molar-refractivity contribution in [2.45, 2.75) is 31.1 Å². The SMILES string of the molecule is COc1ccc(CNC[C@H]2O[C@@H](n3ccc(=O)[nH]c3=O)[C@H](O)[C@@H]2O)cc1. The summed E-state index contributed by atoms with van der Waals surface area (Å²) in [6.07, 6.45) is -2.99. The second-order valence-corrected chi connectivity index (χ2v) is 6.04. The topological polar surface area (TPSA) is 126 Å². The average molecular weight is 363 g/mol. The van der Waals surface area contributed by atoms with E-state index < -0.39 is 35.8 Å². The second kappa shape index (κ2) is 7.83. The lowest BCUT2D eigenvalue weighted by Crippen LogP contribution is -2.38. The van der Waals surface area contributed by atoms with Crippen molar-refractivity contribution in [3.63, 3.8) is 0 Å². The summed E-state index contributed by atoms with van der Waals surface area (Å²) in [4.78, 5) is 25.1. The molecule has 3 rings (SSSR count). The van der Waals surface area contributed by atoms with Crippen molar-refractivity contribution in [2.24, 2.45) is 0 Å². The second-order valence-electron chi connectivity index (χ2n) is 6.04. The maximum Gasteiger partial charge on any atom is 0.330 e. The van der Waals surface area contributed by atoms with Crippen LogP contribution in [0.15, 0.2) is 46.1 Å². The molecule has 0 unspecified atom stereocenters. The zero-order valence-electron chi connectivity index (χ0n) is 14.2. The first-order valence-corrected chi connectivity index (χ1v) is 8.16. The number of aromatic amines is 1. The van der Waals surface area contributed by atoms with Crippen LogP contribution in [0.4, 0.5) is 0 Å². The summed E-state index contributed by atoms with van der Waals surface area (Å²) >= 11 is 0. The van der Waals surface area contributed by atoms with Gasteiger partial charge in [-0.15, -0.1) is 0 Å². The molecule has 1 saturated heterocycles. The van der Waals surface area contributed by atoms with Gasteiger partial charge < -0.3 is 25.0 Å². The minimum Gasteiger partial charge on any atom is -0.497 e. The van der Waals surface area contributed by atoms with Gasteiger partial charge in [0.2, 0.25) is 0 Å². The number of aliphatic hydroxyl groups excluding tert-OH is 2. The van der Waals surface area contributed by atoms with E-state index in [4.69, 9.17) is 9.47 Å². The highest BCUT2D eigenvalue weighted by molar-refractivity contribution is 5.27. The van der Waals surface area contributed by atoms with Crippen LogP contribution in [0.25, 0.3) is 0 Å². The van der Waals surface area contributed by atoms with Gasteiger partial charge in [-0.1, -0.05) is 12.1 Å². The number of nitrogens with zero attached hydrogens (tertiary/aromatic N) is 1. The van der Waals surface area contributed by atoms with E-state index in [0.29, 0.717) is 6.54 Å². The molecule has 0 bridgehead atoms. The third-order valence-electron chi connectivity index (χ3n) is 4.30. The van der Waals surface area contributed by atoms with E-state index >= 15 is 0 Å². The lowest BCUT2D eigenvalue weighted by molar-refractivity contribution is -0.0392. The first-order valence-electron chi connectivity index (χ1n) is 8.16. The Kier molecular flexibility index (Phi) is 5.52. The quantitative estimate of drug-likeness (QED) is 0.516. The maximum atomic E-state index is 11.8. The van der Waals surface area contributed by atoms with E-state index in [1.54, 1.807) is 7.11 Å². The normalized spacial score (nSPS) is 25.3. The van der Waals surface area contributed by atoms with Crippen LogP contribution in [0.2, 0.25) is 0 Å². The monoisotopic (exact) mass is 363 g/mol. The van der Waals surface area contributed by atoms with Crippen LogP contribution in [0.5, 0.6) is 5.75 Å². The molecule has 9 heteroatoms. The summed E-state index contributed by atoms with van der Waals surface area (Å²) in [5.41, 5.74) is -0.232. The van der Waals surface area contributed by atoms with Gasteiger partial charge in [0.25, 0.3) is 5.56 Å². The number of nitrogens with one attached hydrogen (secondary N) is 2. The summed E-state index contributed by atoms with van der Waals surface area (Å²) in [5, 5.41) is 23.5. The van der Waals surface area contributed by atoms with Crippen LogP contribution < -0.4 is 21.3 Å². The Morgan fingerprint density at radius 2 is 1.92 bits per heavy atom. The fourth-order valence-electron chi connectivity index (χ4n) is 2.86. The summed E-state index contributed by atoms with van der Waals surface area (Å²) in [6, 6.07) is 8.67. The number of H-pyrrole nitrogens is 1. The lowest BCUT2D eigenvalue weighted by Gasteiger charge is -2.16. The highest BCUT2D eigenvalue weighted by Gasteiger charge is 2.43. The Balaban J connectivity index is 1.60. The lowest BCUT2D eigenvalue weighted by atomic mass is 10.1. The smallest absolute Gasteiger partial charge is 0.330 e. The summed E-state index contributed by atoms with van der Waals surface area (Å²) < 4.78 is 11.8. The first-order chi connectivity index (χ1) is 12.5. The van der Waals surface area contributed by atoms with E-state index in [1.807, 2.05) is 24.3 Å². The Hall–Kier alpha value is -2.46. The Morgan fingerprint density at radius 3 is 2.58 bits per heavy atom.